The van der Waals surface area contributed by atoms with Gasteiger partial charge in [-0.15, -0.1) is 16.8 Å². The minimum absolute atomic E-state index is 0.133. The summed E-state index contributed by atoms with van der Waals surface area (Å²) in [5.74, 6) is 1.41. The molecule has 3 heterocycles. The van der Waals surface area contributed by atoms with Gasteiger partial charge < -0.3 is 9.32 Å². The van der Waals surface area contributed by atoms with Crippen molar-refractivity contribution in [1.82, 2.24) is 19.7 Å². The Labute approximate surface area is 174 Å². The van der Waals surface area contributed by atoms with Gasteiger partial charge in [-0.2, -0.15) is 0 Å². The van der Waals surface area contributed by atoms with Crippen LogP contribution in [0.5, 0.6) is 0 Å². The van der Waals surface area contributed by atoms with Crippen LogP contribution in [0.4, 0.5) is 0 Å². The monoisotopic (exact) mass is 408 g/mol. The molecule has 0 saturated carbocycles. The number of rotatable bonds is 7. The highest BCUT2D eigenvalue weighted by Gasteiger charge is 2.30. The van der Waals surface area contributed by atoms with Crippen LogP contribution in [0.1, 0.15) is 30.1 Å². The first-order valence-electron chi connectivity index (χ1n) is 9.86. The van der Waals surface area contributed by atoms with Crippen LogP contribution in [-0.4, -0.2) is 38.7 Å². The number of furan rings is 1. The van der Waals surface area contributed by atoms with E-state index in [1.165, 1.54) is 18.2 Å². The van der Waals surface area contributed by atoms with Crippen LogP contribution in [0, 0.1) is 0 Å². The highest BCUT2D eigenvalue weighted by Crippen LogP contribution is 2.37. The highest BCUT2D eigenvalue weighted by molar-refractivity contribution is 8.00. The minimum Gasteiger partial charge on any atom is -0.461 e. The fraction of sp³-hybridized carbons (Fsp3) is 0.318. The number of benzene rings is 1. The summed E-state index contributed by atoms with van der Waals surface area (Å²) in [4.78, 5) is 15.4. The summed E-state index contributed by atoms with van der Waals surface area (Å²) in [6.45, 7) is 6.02. The van der Waals surface area contributed by atoms with Crippen molar-refractivity contribution in [2.75, 3.05) is 13.1 Å². The SMILES string of the molecule is C=CCn1c(SC(C(=O)N2CCCCC2)c2ccccc2)nnc1-c1ccco1. The molecule has 7 heteroatoms. The van der Waals surface area contributed by atoms with Gasteiger partial charge in [0.2, 0.25) is 11.7 Å². The van der Waals surface area contributed by atoms with Crippen molar-refractivity contribution < 1.29 is 9.21 Å². The molecule has 0 bridgehead atoms. The molecular weight excluding hydrogens is 384 g/mol. The van der Waals surface area contributed by atoms with Crippen LogP contribution in [0.15, 0.2) is 71.0 Å². The summed E-state index contributed by atoms with van der Waals surface area (Å²) in [6.07, 6.45) is 6.72. The molecule has 0 spiro atoms. The lowest BCUT2D eigenvalue weighted by atomic mass is 10.1. The molecule has 4 rings (SSSR count). The number of amides is 1. The molecule has 1 aromatic carbocycles. The van der Waals surface area contributed by atoms with Gasteiger partial charge in [0.1, 0.15) is 5.25 Å². The molecule has 150 valence electrons. The normalized spacial score (nSPS) is 15.2. The second-order valence-corrected chi connectivity index (χ2v) is 8.05. The molecule has 1 aliphatic rings. The van der Waals surface area contributed by atoms with Gasteiger partial charge >= 0.3 is 0 Å². The molecule has 1 fully saturated rings. The lowest BCUT2D eigenvalue weighted by Crippen LogP contribution is -2.38. The van der Waals surface area contributed by atoms with E-state index in [2.05, 4.69) is 16.8 Å². The van der Waals surface area contributed by atoms with E-state index < -0.39 is 0 Å². The van der Waals surface area contributed by atoms with Gasteiger partial charge in [0.15, 0.2) is 10.9 Å². The number of hydrogen-bond acceptors (Lipinski definition) is 5. The summed E-state index contributed by atoms with van der Waals surface area (Å²) < 4.78 is 7.45. The molecule has 1 atom stereocenters. The Balaban J connectivity index is 1.67. The topological polar surface area (TPSA) is 64.2 Å². The van der Waals surface area contributed by atoms with Gasteiger partial charge in [-0.25, -0.2) is 0 Å². The lowest BCUT2D eigenvalue weighted by Gasteiger charge is -2.30. The molecule has 0 aliphatic carbocycles. The molecular formula is C22H24N4O2S. The van der Waals surface area contributed by atoms with E-state index in [-0.39, 0.29) is 11.2 Å². The van der Waals surface area contributed by atoms with Crippen molar-refractivity contribution in [3.8, 4) is 11.6 Å². The zero-order valence-electron chi connectivity index (χ0n) is 16.2. The molecule has 29 heavy (non-hydrogen) atoms. The Kier molecular flexibility index (Phi) is 6.14. The highest BCUT2D eigenvalue weighted by atomic mass is 32.2. The van der Waals surface area contributed by atoms with E-state index in [1.54, 1.807) is 12.3 Å². The first kappa shape index (κ1) is 19.5. The Morgan fingerprint density at radius 1 is 1.14 bits per heavy atom. The second kappa shape index (κ2) is 9.13. The Hall–Kier alpha value is -2.80. The van der Waals surface area contributed by atoms with Crippen LogP contribution in [0.3, 0.4) is 0 Å². The maximum atomic E-state index is 13.4. The molecule has 1 aliphatic heterocycles. The third-order valence-electron chi connectivity index (χ3n) is 4.99. The van der Waals surface area contributed by atoms with Gasteiger partial charge in [0.25, 0.3) is 0 Å². The van der Waals surface area contributed by atoms with Crippen LogP contribution in [-0.2, 0) is 11.3 Å². The maximum absolute atomic E-state index is 13.4. The Morgan fingerprint density at radius 3 is 2.62 bits per heavy atom. The van der Waals surface area contributed by atoms with E-state index in [4.69, 9.17) is 4.42 Å². The number of thioether (sulfide) groups is 1. The van der Waals surface area contributed by atoms with Crippen LogP contribution in [0.25, 0.3) is 11.6 Å². The van der Waals surface area contributed by atoms with E-state index in [0.717, 1.165) is 31.5 Å². The molecule has 2 aromatic heterocycles. The number of carbonyl (C=O) groups excluding carboxylic acids is 1. The van der Waals surface area contributed by atoms with Gasteiger partial charge in [0.05, 0.1) is 6.26 Å². The molecule has 3 aromatic rings. The van der Waals surface area contributed by atoms with E-state index in [1.807, 2.05) is 51.9 Å². The number of piperidine rings is 1. The fourth-order valence-corrected chi connectivity index (χ4v) is 4.66. The standard InChI is InChI=1S/C22H24N4O2S/c1-2-13-26-20(18-12-9-16-28-18)23-24-22(26)29-19(17-10-5-3-6-11-17)21(27)25-14-7-4-8-15-25/h2-3,5-6,9-12,16,19H,1,4,7-8,13-15H2. The first-order chi connectivity index (χ1) is 14.3. The average molecular weight is 409 g/mol. The smallest absolute Gasteiger partial charge is 0.240 e. The quantitative estimate of drug-likeness (QED) is 0.423. The second-order valence-electron chi connectivity index (χ2n) is 6.98. The minimum atomic E-state index is -0.369. The third-order valence-corrected chi connectivity index (χ3v) is 6.21. The van der Waals surface area contributed by atoms with Gasteiger partial charge in [-0.1, -0.05) is 48.2 Å². The third kappa shape index (κ3) is 4.29. The van der Waals surface area contributed by atoms with Crippen LogP contribution < -0.4 is 0 Å². The Bertz CT molecular complexity index is 947. The van der Waals surface area contributed by atoms with Crippen molar-refractivity contribution in [3.05, 3.63) is 66.9 Å². The molecule has 1 unspecified atom stereocenters. The van der Waals surface area contributed by atoms with E-state index in [0.29, 0.717) is 23.3 Å². The molecule has 0 N–H and O–H groups in total. The average Bonchev–Trinajstić information content (AvgIpc) is 3.43. The van der Waals surface area contributed by atoms with Gasteiger partial charge in [-0.3, -0.25) is 9.36 Å². The number of allylic oxidation sites excluding steroid dienone is 1. The number of hydrogen-bond donors (Lipinski definition) is 0. The summed E-state index contributed by atoms with van der Waals surface area (Å²) >= 11 is 1.44. The van der Waals surface area contributed by atoms with Gasteiger partial charge in [0, 0.05) is 19.6 Å². The summed E-state index contributed by atoms with van der Waals surface area (Å²) in [7, 11) is 0. The van der Waals surface area contributed by atoms with Crippen LogP contribution in [0.2, 0.25) is 0 Å². The zero-order chi connectivity index (χ0) is 20.1. The largest absolute Gasteiger partial charge is 0.461 e. The van der Waals surface area contributed by atoms with E-state index in [9.17, 15) is 4.79 Å². The van der Waals surface area contributed by atoms with E-state index >= 15 is 0 Å². The number of nitrogens with zero attached hydrogens (tertiary/aromatic N) is 4. The fourth-order valence-electron chi connectivity index (χ4n) is 3.53. The molecule has 1 amide bonds. The predicted molar refractivity (Wildman–Crippen MR) is 113 cm³/mol. The summed E-state index contributed by atoms with van der Waals surface area (Å²) in [5, 5.41) is 9.01. The number of carbonyl (C=O) groups is 1. The first-order valence-corrected chi connectivity index (χ1v) is 10.7. The number of aromatic nitrogens is 3. The van der Waals surface area contributed by atoms with Crippen molar-refractivity contribution >= 4 is 17.7 Å². The Morgan fingerprint density at radius 2 is 1.93 bits per heavy atom. The predicted octanol–water partition coefficient (Wildman–Crippen LogP) is 4.57. The maximum Gasteiger partial charge on any atom is 0.240 e. The molecule has 6 nitrogen and oxygen atoms in total. The summed E-state index contributed by atoms with van der Waals surface area (Å²) in [6, 6.07) is 13.6. The van der Waals surface area contributed by atoms with Crippen molar-refractivity contribution in [3.63, 3.8) is 0 Å². The lowest BCUT2D eigenvalue weighted by molar-refractivity contribution is -0.131. The zero-order valence-corrected chi connectivity index (χ0v) is 17.1. The van der Waals surface area contributed by atoms with Crippen molar-refractivity contribution in [1.29, 1.82) is 0 Å². The molecule has 1 saturated heterocycles. The van der Waals surface area contributed by atoms with Crippen molar-refractivity contribution in [2.24, 2.45) is 0 Å². The molecule has 0 radical (unpaired) electrons. The van der Waals surface area contributed by atoms with Crippen molar-refractivity contribution in [2.45, 2.75) is 36.2 Å². The van der Waals surface area contributed by atoms with Gasteiger partial charge in [-0.05, 0) is 37.0 Å². The van der Waals surface area contributed by atoms with Crippen LogP contribution >= 0.6 is 11.8 Å². The number of likely N-dealkylation sites (tertiary alicyclic amines) is 1. The summed E-state index contributed by atoms with van der Waals surface area (Å²) in [5.41, 5.74) is 0.973.